The molecule has 142 valence electrons. The zero-order valence-corrected chi connectivity index (χ0v) is 17.5. The summed E-state index contributed by atoms with van der Waals surface area (Å²) < 4.78 is 2.14. The van der Waals surface area contributed by atoms with Gasteiger partial charge in [-0.05, 0) is 39.2 Å². The first kappa shape index (κ1) is 19.4. The summed E-state index contributed by atoms with van der Waals surface area (Å²) in [6.07, 6.45) is 6.92. The van der Waals surface area contributed by atoms with E-state index in [4.69, 9.17) is 0 Å². The van der Waals surface area contributed by atoms with E-state index in [1.807, 2.05) is 0 Å². The fraction of sp³-hybridized carbons (Fsp3) is 0.632. The summed E-state index contributed by atoms with van der Waals surface area (Å²) in [5, 5.41) is 14.9. The lowest BCUT2D eigenvalue weighted by molar-refractivity contribution is -0.119. The number of hydrogen-bond acceptors (Lipinski definition) is 5. The molecule has 7 heteroatoms. The van der Waals surface area contributed by atoms with Gasteiger partial charge in [-0.25, -0.2) is 0 Å². The van der Waals surface area contributed by atoms with E-state index in [0.29, 0.717) is 11.8 Å². The van der Waals surface area contributed by atoms with Crippen molar-refractivity contribution in [2.24, 2.45) is 0 Å². The second-order valence-electron chi connectivity index (χ2n) is 7.16. The third-order valence-corrected chi connectivity index (χ3v) is 6.58. The van der Waals surface area contributed by atoms with E-state index in [9.17, 15) is 4.79 Å². The monoisotopic (exact) mass is 392 g/mol. The van der Waals surface area contributed by atoms with E-state index in [0.717, 1.165) is 42.2 Å². The summed E-state index contributed by atoms with van der Waals surface area (Å²) in [7, 11) is 0. The van der Waals surface area contributed by atoms with Gasteiger partial charge in [-0.3, -0.25) is 9.36 Å². The highest BCUT2D eigenvalue weighted by Crippen LogP contribution is 2.31. The van der Waals surface area contributed by atoms with Crippen molar-refractivity contribution in [3.8, 4) is 11.4 Å². The molecule has 0 unspecified atom stereocenters. The molecule has 0 radical (unpaired) electrons. The number of carbonyl (C=O) groups is 1. The highest BCUT2D eigenvalue weighted by atomic mass is 32.2. The highest BCUT2D eigenvalue weighted by Gasteiger charge is 2.20. The van der Waals surface area contributed by atoms with Gasteiger partial charge in [0.2, 0.25) is 5.91 Å². The van der Waals surface area contributed by atoms with E-state index < -0.39 is 0 Å². The summed E-state index contributed by atoms with van der Waals surface area (Å²) in [6.45, 7) is 6.46. The van der Waals surface area contributed by atoms with Crippen molar-refractivity contribution in [2.75, 3.05) is 5.75 Å². The first-order valence-corrected chi connectivity index (χ1v) is 11.4. The second-order valence-corrected chi connectivity index (χ2v) is 9.10. The quantitative estimate of drug-likeness (QED) is 0.662. The Balaban J connectivity index is 1.69. The average Bonchev–Trinajstić information content (AvgIpc) is 3.33. The molecule has 1 N–H and O–H groups in total. The Hall–Kier alpha value is -1.34. The lowest BCUT2D eigenvalue weighted by Gasteiger charge is -2.14. The van der Waals surface area contributed by atoms with Gasteiger partial charge in [0.1, 0.15) is 0 Å². The molecule has 26 heavy (non-hydrogen) atoms. The van der Waals surface area contributed by atoms with Crippen LogP contribution in [0.25, 0.3) is 11.4 Å². The average molecular weight is 393 g/mol. The number of rotatable bonds is 8. The van der Waals surface area contributed by atoms with Crippen molar-refractivity contribution in [1.82, 2.24) is 20.1 Å². The minimum atomic E-state index is 0.0996. The molecule has 2 heterocycles. The minimum Gasteiger partial charge on any atom is -0.353 e. The normalized spacial score (nSPS) is 15.1. The van der Waals surface area contributed by atoms with Crippen molar-refractivity contribution in [1.29, 1.82) is 0 Å². The molecule has 1 saturated carbocycles. The Morgan fingerprint density at radius 2 is 2.15 bits per heavy atom. The molecule has 2 aromatic heterocycles. The maximum Gasteiger partial charge on any atom is 0.230 e. The Morgan fingerprint density at radius 1 is 1.38 bits per heavy atom. The maximum absolute atomic E-state index is 12.2. The van der Waals surface area contributed by atoms with Crippen LogP contribution in [0.15, 0.2) is 16.6 Å². The van der Waals surface area contributed by atoms with Gasteiger partial charge in [0.05, 0.1) is 5.75 Å². The van der Waals surface area contributed by atoms with Crippen LogP contribution in [0.4, 0.5) is 0 Å². The summed E-state index contributed by atoms with van der Waals surface area (Å²) >= 11 is 3.26. The fourth-order valence-electron chi connectivity index (χ4n) is 3.38. The van der Waals surface area contributed by atoms with Gasteiger partial charge in [0, 0.05) is 27.9 Å². The van der Waals surface area contributed by atoms with Crippen molar-refractivity contribution >= 4 is 29.0 Å². The van der Waals surface area contributed by atoms with Crippen molar-refractivity contribution in [3.05, 3.63) is 16.3 Å². The van der Waals surface area contributed by atoms with Crippen molar-refractivity contribution in [2.45, 2.75) is 76.5 Å². The van der Waals surface area contributed by atoms with Gasteiger partial charge in [0.25, 0.3) is 0 Å². The zero-order valence-electron chi connectivity index (χ0n) is 15.8. The second kappa shape index (κ2) is 9.04. The third-order valence-electron chi connectivity index (χ3n) is 4.64. The molecule has 0 aromatic carbocycles. The highest BCUT2D eigenvalue weighted by molar-refractivity contribution is 7.99. The number of thioether (sulfide) groups is 1. The smallest absolute Gasteiger partial charge is 0.230 e. The number of aromatic nitrogens is 3. The van der Waals surface area contributed by atoms with Crippen LogP contribution < -0.4 is 5.32 Å². The van der Waals surface area contributed by atoms with Crippen LogP contribution in [0.2, 0.25) is 0 Å². The predicted octanol–water partition coefficient (Wildman–Crippen LogP) is 4.69. The Labute approximate surface area is 164 Å². The Bertz CT molecular complexity index is 732. The molecule has 1 aliphatic carbocycles. The number of carbonyl (C=O) groups excluding carboxylic acids is 1. The van der Waals surface area contributed by atoms with E-state index in [2.05, 4.69) is 52.3 Å². The SMILES string of the molecule is CCCc1cc(-c2nnc(SCC(=O)NC3CCCC3)n2C(C)C)cs1. The number of nitrogens with zero attached hydrogens (tertiary/aromatic N) is 3. The summed E-state index contributed by atoms with van der Waals surface area (Å²) in [6, 6.07) is 2.83. The van der Waals surface area contributed by atoms with Gasteiger partial charge in [-0.2, -0.15) is 0 Å². The first-order chi connectivity index (χ1) is 12.6. The molecule has 0 atom stereocenters. The van der Waals surface area contributed by atoms with Crippen LogP contribution in [0.1, 0.15) is 63.8 Å². The van der Waals surface area contributed by atoms with E-state index >= 15 is 0 Å². The van der Waals surface area contributed by atoms with Crippen molar-refractivity contribution in [3.63, 3.8) is 0 Å². The molecule has 1 fully saturated rings. The van der Waals surface area contributed by atoms with Gasteiger partial charge in [-0.15, -0.1) is 21.5 Å². The fourth-order valence-corrected chi connectivity index (χ4v) is 5.23. The molecule has 0 spiro atoms. The third kappa shape index (κ3) is 4.68. The van der Waals surface area contributed by atoms with Crippen LogP contribution in [0, 0.1) is 0 Å². The van der Waals surface area contributed by atoms with Crippen LogP contribution in [-0.4, -0.2) is 32.5 Å². The maximum atomic E-state index is 12.2. The molecule has 1 amide bonds. The topological polar surface area (TPSA) is 59.8 Å². The lowest BCUT2D eigenvalue weighted by Crippen LogP contribution is -2.33. The molecule has 5 nitrogen and oxygen atoms in total. The standard InChI is InChI=1S/C19H28N4OS2/c1-4-7-16-10-14(11-25-16)18-21-22-19(23(18)13(2)3)26-12-17(24)20-15-8-5-6-9-15/h10-11,13,15H,4-9,12H2,1-3H3,(H,20,24). The number of amides is 1. The van der Waals surface area contributed by atoms with E-state index in [1.54, 1.807) is 11.3 Å². The summed E-state index contributed by atoms with van der Waals surface area (Å²) in [4.78, 5) is 13.6. The minimum absolute atomic E-state index is 0.0996. The summed E-state index contributed by atoms with van der Waals surface area (Å²) in [5.74, 6) is 1.39. The molecular formula is C19H28N4OS2. The number of hydrogen-bond donors (Lipinski definition) is 1. The number of thiophene rings is 1. The van der Waals surface area contributed by atoms with E-state index in [-0.39, 0.29) is 11.9 Å². The zero-order chi connectivity index (χ0) is 18.5. The largest absolute Gasteiger partial charge is 0.353 e. The van der Waals surface area contributed by atoms with Gasteiger partial charge < -0.3 is 5.32 Å². The van der Waals surface area contributed by atoms with Crippen LogP contribution >= 0.6 is 23.1 Å². The molecule has 1 aliphatic rings. The molecule has 0 bridgehead atoms. The molecule has 0 saturated heterocycles. The van der Waals surface area contributed by atoms with Crippen LogP contribution in [0.5, 0.6) is 0 Å². The van der Waals surface area contributed by atoms with Gasteiger partial charge in [0.15, 0.2) is 11.0 Å². The molecular weight excluding hydrogens is 364 g/mol. The van der Waals surface area contributed by atoms with Crippen LogP contribution in [0.3, 0.4) is 0 Å². The number of nitrogens with one attached hydrogen (secondary N) is 1. The van der Waals surface area contributed by atoms with Crippen LogP contribution in [-0.2, 0) is 11.2 Å². The molecule has 3 rings (SSSR count). The van der Waals surface area contributed by atoms with Crippen molar-refractivity contribution < 1.29 is 4.79 Å². The molecule has 2 aromatic rings. The van der Waals surface area contributed by atoms with Gasteiger partial charge >= 0.3 is 0 Å². The Kier molecular flexibility index (Phi) is 6.75. The Morgan fingerprint density at radius 3 is 2.85 bits per heavy atom. The van der Waals surface area contributed by atoms with Gasteiger partial charge in [-0.1, -0.05) is 37.9 Å². The van der Waals surface area contributed by atoms with E-state index in [1.165, 1.54) is 29.5 Å². The first-order valence-electron chi connectivity index (χ1n) is 9.53. The summed E-state index contributed by atoms with van der Waals surface area (Å²) in [5.41, 5.74) is 1.13. The molecule has 0 aliphatic heterocycles. The number of aryl methyl sites for hydroxylation is 1. The lowest BCUT2D eigenvalue weighted by atomic mass is 10.2. The predicted molar refractivity (Wildman–Crippen MR) is 109 cm³/mol.